The maximum Gasteiger partial charge on any atom is 0.339 e. The Labute approximate surface area is 164 Å². The van der Waals surface area contributed by atoms with Gasteiger partial charge in [0.1, 0.15) is 16.9 Å². The second kappa shape index (κ2) is 7.12. The van der Waals surface area contributed by atoms with Crippen LogP contribution in [0.15, 0.2) is 19.7 Å². The van der Waals surface area contributed by atoms with Gasteiger partial charge in [-0.1, -0.05) is 0 Å². The van der Waals surface area contributed by atoms with Crippen molar-refractivity contribution in [2.24, 2.45) is 0 Å². The highest BCUT2D eigenvalue weighted by molar-refractivity contribution is 6.00. The van der Waals surface area contributed by atoms with Gasteiger partial charge < -0.3 is 14.2 Å². The van der Waals surface area contributed by atoms with E-state index in [0.717, 1.165) is 52.5 Å². The summed E-state index contributed by atoms with van der Waals surface area (Å²) in [5.74, 6) is 1.02. The summed E-state index contributed by atoms with van der Waals surface area (Å²) < 4.78 is 11.9. The molecule has 0 spiro atoms. The molecule has 0 aliphatic heterocycles. The molecule has 0 fully saturated rings. The van der Waals surface area contributed by atoms with Crippen LogP contribution in [0.4, 0.5) is 0 Å². The van der Waals surface area contributed by atoms with E-state index in [9.17, 15) is 9.59 Å². The monoisotopic (exact) mass is 381 g/mol. The second-order valence-corrected chi connectivity index (χ2v) is 8.18. The van der Waals surface area contributed by atoms with E-state index in [4.69, 9.17) is 8.83 Å². The Morgan fingerprint density at radius 2 is 1.79 bits per heavy atom. The molecular formula is C23H27NO4. The summed E-state index contributed by atoms with van der Waals surface area (Å²) in [7, 11) is 0. The number of carbonyl (C=O) groups is 1. The molecule has 4 rings (SSSR count). The predicted octanol–water partition coefficient (Wildman–Crippen LogP) is 4.49. The first-order valence-electron chi connectivity index (χ1n) is 10.2. The molecule has 1 aliphatic carbocycles. The van der Waals surface area contributed by atoms with Crippen molar-refractivity contribution in [3.8, 4) is 0 Å². The minimum Gasteiger partial charge on any atom is -0.460 e. The van der Waals surface area contributed by atoms with Crippen LogP contribution >= 0.6 is 0 Å². The van der Waals surface area contributed by atoms with Gasteiger partial charge in [0.2, 0.25) is 5.91 Å². The largest absolute Gasteiger partial charge is 0.460 e. The lowest BCUT2D eigenvalue weighted by atomic mass is 9.93. The van der Waals surface area contributed by atoms with Crippen LogP contribution in [0.2, 0.25) is 0 Å². The maximum absolute atomic E-state index is 12.6. The van der Waals surface area contributed by atoms with Crippen LogP contribution < -0.4 is 10.9 Å². The highest BCUT2D eigenvalue weighted by Crippen LogP contribution is 2.37. The van der Waals surface area contributed by atoms with Crippen molar-refractivity contribution in [3.05, 3.63) is 44.5 Å². The molecule has 0 bridgehead atoms. The zero-order chi connectivity index (χ0) is 20.0. The van der Waals surface area contributed by atoms with Gasteiger partial charge in [-0.3, -0.25) is 4.79 Å². The fourth-order valence-electron chi connectivity index (χ4n) is 4.34. The smallest absolute Gasteiger partial charge is 0.339 e. The minimum atomic E-state index is -0.360. The maximum atomic E-state index is 12.6. The molecule has 2 aromatic heterocycles. The van der Waals surface area contributed by atoms with E-state index in [1.807, 2.05) is 27.7 Å². The third-order valence-electron chi connectivity index (χ3n) is 5.78. The number of hydrogen-bond acceptors (Lipinski definition) is 4. The molecular weight excluding hydrogens is 354 g/mol. The fraction of sp³-hybridized carbons (Fsp3) is 0.478. The molecule has 0 saturated carbocycles. The van der Waals surface area contributed by atoms with E-state index >= 15 is 0 Å². The molecule has 148 valence electrons. The van der Waals surface area contributed by atoms with Crippen LogP contribution in [-0.4, -0.2) is 11.9 Å². The molecule has 1 amide bonds. The first kappa shape index (κ1) is 18.8. The lowest BCUT2D eigenvalue weighted by Gasteiger charge is -2.11. The average Bonchev–Trinajstić information content (AvgIpc) is 3.01. The summed E-state index contributed by atoms with van der Waals surface area (Å²) in [6.07, 6.45) is 4.99. The summed E-state index contributed by atoms with van der Waals surface area (Å²) >= 11 is 0. The van der Waals surface area contributed by atoms with Crippen LogP contribution in [0.5, 0.6) is 0 Å². The van der Waals surface area contributed by atoms with Gasteiger partial charge in [-0.25, -0.2) is 4.79 Å². The Morgan fingerprint density at radius 1 is 1.07 bits per heavy atom. The van der Waals surface area contributed by atoms with Gasteiger partial charge in [-0.05, 0) is 65.0 Å². The number of furan rings is 1. The highest BCUT2D eigenvalue weighted by Gasteiger charge is 2.23. The van der Waals surface area contributed by atoms with Crippen molar-refractivity contribution in [3.63, 3.8) is 0 Å². The number of rotatable bonds is 4. The Balaban J connectivity index is 1.82. The van der Waals surface area contributed by atoms with Crippen molar-refractivity contribution in [1.82, 2.24) is 5.32 Å². The van der Waals surface area contributed by atoms with Gasteiger partial charge in [0.05, 0.1) is 0 Å². The number of nitrogens with one attached hydrogen (secondary N) is 1. The third kappa shape index (κ3) is 3.13. The Hall–Kier alpha value is -2.56. The Kier molecular flexibility index (Phi) is 4.77. The quantitative estimate of drug-likeness (QED) is 0.676. The molecule has 5 heteroatoms. The number of amides is 1. The zero-order valence-corrected chi connectivity index (χ0v) is 17.0. The van der Waals surface area contributed by atoms with Gasteiger partial charge >= 0.3 is 5.63 Å². The summed E-state index contributed by atoms with van der Waals surface area (Å²) in [6.45, 7) is 7.75. The van der Waals surface area contributed by atoms with Gasteiger partial charge in [0, 0.05) is 46.3 Å². The lowest BCUT2D eigenvalue weighted by molar-refractivity contribution is -0.121. The fourth-order valence-corrected chi connectivity index (χ4v) is 4.34. The summed E-state index contributed by atoms with van der Waals surface area (Å²) in [6, 6.07) is 2.20. The lowest BCUT2D eigenvalue weighted by Crippen LogP contribution is -2.30. The Bertz CT molecular complexity index is 1130. The third-order valence-corrected chi connectivity index (χ3v) is 5.78. The SMILES string of the molecule is Cc1c(CCC(=O)NC(C)C)c(=O)oc2c(C)c3oc4c(c3cc12)CCCC4. The van der Waals surface area contributed by atoms with Crippen molar-refractivity contribution in [2.75, 3.05) is 0 Å². The summed E-state index contributed by atoms with van der Waals surface area (Å²) in [5, 5.41) is 4.95. The van der Waals surface area contributed by atoms with Gasteiger partial charge in [0.25, 0.3) is 0 Å². The predicted molar refractivity (Wildman–Crippen MR) is 110 cm³/mol. The number of aryl methyl sites for hydroxylation is 4. The van der Waals surface area contributed by atoms with E-state index in [-0.39, 0.29) is 24.0 Å². The molecule has 0 unspecified atom stereocenters. The van der Waals surface area contributed by atoms with Crippen LogP contribution in [0, 0.1) is 13.8 Å². The zero-order valence-electron chi connectivity index (χ0n) is 17.0. The van der Waals surface area contributed by atoms with Gasteiger partial charge in [-0.15, -0.1) is 0 Å². The van der Waals surface area contributed by atoms with E-state index in [1.165, 1.54) is 12.0 Å². The van der Waals surface area contributed by atoms with Crippen LogP contribution in [0.25, 0.3) is 21.9 Å². The molecule has 0 saturated heterocycles. The summed E-state index contributed by atoms with van der Waals surface area (Å²) in [5.41, 5.74) is 4.74. The second-order valence-electron chi connectivity index (χ2n) is 8.18. The molecule has 1 aliphatic rings. The molecule has 5 nitrogen and oxygen atoms in total. The van der Waals surface area contributed by atoms with Crippen molar-refractivity contribution >= 4 is 27.8 Å². The normalized spacial score (nSPS) is 14.0. The van der Waals surface area contributed by atoms with Gasteiger partial charge in [-0.2, -0.15) is 0 Å². The first-order chi connectivity index (χ1) is 13.4. The van der Waals surface area contributed by atoms with Crippen molar-refractivity contribution in [1.29, 1.82) is 0 Å². The molecule has 2 heterocycles. The molecule has 1 N–H and O–H groups in total. The number of hydrogen-bond donors (Lipinski definition) is 1. The molecule has 0 atom stereocenters. The average molecular weight is 381 g/mol. The molecule has 0 radical (unpaired) electrons. The molecule has 28 heavy (non-hydrogen) atoms. The standard InChI is InChI=1S/C23H27NO4/c1-12(2)24-20(25)10-9-15-13(3)17-11-18-16-7-5-6-8-19(16)27-22(18)14(4)21(17)28-23(15)26/h11-12H,5-10H2,1-4H3,(H,24,25). The van der Waals surface area contributed by atoms with E-state index in [2.05, 4.69) is 11.4 Å². The van der Waals surface area contributed by atoms with Crippen LogP contribution in [0.1, 0.15) is 61.1 Å². The van der Waals surface area contributed by atoms with E-state index in [1.54, 1.807) is 0 Å². The highest BCUT2D eigenvalue weighted by atomic mass is 16.4. The Morgan fingerprint density at radius 3 is 2.54 bits per heavy atom. The van der Waals surface area contributed by atoms with Crippen molar-refractivity contribution < 1.29 is 13.6 Å². The van der Waals surface area contributed by atoms with Gasteiger partial charge in [0.15, 0.2) is 0 Å². The first-order valence-corrected chi connectivity index (χ1v) is 10.2. The van der Waals surface area contributed by atoms with E-state index in [0.29, 0.717) is 17.6 Å². The van der Waals surface area contributed by atoms with E-state index < -0.39 is 0 Å². The van der Waals surface area contributed by atoms with Crippen molar-refractivity contribution in [2.45, 2.75) is 72.3 Å². The van der Waals surface area contributed by atoms with Crippen LogP contribution in [0.3, 0.4) is 0 Å². The molecule has 1 aromatic carbocycles. The number of benzene rings is 1. The summed E-state index contributed by atoms with van der Waals surface area (Å²) in [4.78, 5) is 24.7. The number of carbonyl (C=O) groups excluding carboxylic acids is 1. The topological polar surface area (TPSA) is 72.5 Å². The number of fused-ring (bicyclic) bond motifs is 4. The van der Waals surface area contributed by atoms with Crippen LogP contribution in [-0.2, 0) is 24.1 Å². The minimum absolute atomic E-state index is 0.0515. The molecule has 3 aromatic rings.